The highest BCUT2D eigenvalue weighted by molar-refractivity contribution is 6.17. The zero-order valence-corrected chi connectivity index (χ0v) is 30.0. The van der Waals surface area contributed by atoms with E-state index in [4.69, 9.17) is 18.8 Å². The molecule has 1 N–H and O–H groups in total. The van der Waals surface area contributed by atoms with Crippen molar-refractivity contribution in [2.45, 2.75) is 6.17 Å². The van der Waals surface area contributed by atoms with Gasteiger partial charge in [0.25, 0.3) is 0 Å². The summed E-state index contributed by atoms with van der Waals surface area (Å²) in [4.78, 5) is 10.6. The number of benzene rings is 9. The van der Waals surface area contributed by atoms with E-state index >= 15 is 0 Å². The molecule has 12 rings (SSSR count). The lowest BCUT2D eigenvalue weighted by atomic mass is 9.96. The first-order chi connectivity index (χ1) is 27.7. The summed E-state index contributed by atoms with van der Waals surface area (Å²) in [6.07, 6.45) is -0.472. The van der Waals surface area contributed by atoms with Crippen molar-refractivity contribution in [2.75, 3.05) is 0 Å². The van der Waals surface area contributed by atoms with Crippen molar-refractivity contribution in [2.24, 2.45) is 9.98 Å². The molecule has 5 nitrogen and oxygen atoms in total. The Morgan fingerprint density at radius 3 is 1.86 bits per heavy atom. The van der Waals surface area contributed by atoms with Crippen LogP contribution < -0.4 is 5.32 Å². The average Bonchev–Trinajstić information content (AvgIpc) is 3.84. The highest BCUT2D eigenvalue weighted by Crippen LogP contribution is 2.41. The van der Waals surface area contributed by atoms with Gasteiger partial charge in [0, 0.05) is 43.6 Å². The monoisotopic (exact) mass is 717 g/mol. The minimum atomic E-state index is -0.472. The van der Waals surface area contributed by atoms with Gasteiger partial charge in [0.05, 0.1) is 0 Å². The molecule has 0 fully saturated rings. The third-order valence-electron chi connectivity index (χ3n) is 11.3. The van der Waals surface area contributed by atoms with Crippen molar-refractivity contribution >= 4 is 87.9 Å². The first-order valence-electron chi connectivity index (χ1n) is 18.9. The third-order valence-corrected chi connectivity index (χ3v) is 11.3. The average molecular weight is 718 g/mol. The van der Waals surface area contributed by atoms with Gasteiger partial charge in [-0.3, -0.25) is 0 Å². The zero-order chi connectivity index (χ0) is 36.7. The van der Waals surface area contributed by atoms with Crippen molar-refractivity contribution in [3.05, 3.63) is 193 Å². The molecule has 1 unspecified atom stereocenters. The number of para-hydroxylation sites is 1. The second-order valence-corrected chi connectivity index (χ2v) is 14.6. The van der Waals surface area contributed by atoms with Crippen LogP contribution >= 0.6 is 0 Å². The molecule has 9 aromatic carbocycles. The molecule has 1 atom stereocenters. The fourth-order valence-corrected chi connectivity index (χ4v) is 8.50. The quantitative estimate of drug-likeness (QED) is 0.197. The van der Waals surface area contributed by atoms with Crippen LogP contribution in [0.2, 0.25) is 0 Å². The number of hydrogen-bond acceptors (Lipinski definition) is 5. The standard InChI is InChI=1S/C51H31N3O2/c1-3-12-33-25-36(19-17-30(33)9-1)49-52-50(37-20-18-31-10-2-4-13-34(31)26-37)54-51(53-49)43-27-38(29-46-47(43)42-15-7-8-16-44(42)55-46)35-22-23-40-41-24-21-32-11-5-6-14-39(32)48(41)56-45(40)28-35/h1-29,51H,(H,52,53,54). The maximum Gasteiger partial charge on any atom is 0.159 e. The second-order valence-electron chi connectivity index (χ2n) is 14.6. The van der Waals surface area contributed by atoms with Crippen LogP contribution in [0.5, 0.6) is 0 Å². The Morgan fingerprint density at radius 1 is 0.411 bits per heavy atom. The zero-order valence-electron chi connectivity index (χ0n) is 30.0. The predicted molar refractivity (Wildman–Crippen MR) is 231 cm³/mol. The number of amidine groups is 2. The molecular formula is C51H31N3O2. The molecule has 262 valence electrons. The molecule has 0 amide bonds. The highest BCUT2D eigenvalue weighted by Gasteiger charge is 2.26. The number of rotatable bonds is 4. The van der Waals surface area contributed by atoms with E-state index in [0.29, 0.717) is 5.84 Å². The summed E-state index contributed by atoms with van der Waals surface area (Å²) in [6, 6.07) is 61.6. The SMILES string of the molecule is c1ccc2cc(C3=NC(c4cc(-c5ccc6c(c5)oc5c7ccccc7ccc65)cc5oc6ccccc6c45)NC(c4ccc5ccccc5c4)=N3)ccc2c1. The van der Waals surface area contributed by atoms with Gasteiger partial charge in [0.2, 0.25) is 0 Å². The van der Waals surface area contributed by atoms with E-state index < -0.39 is 6.17 Å². The van der Waals surface area contributed by atoms with Crippen LogP contribution in [0.3, 0.4) is 0 Å². The van der Waals surface area contributed by atoms with Crippen molar-refractivity contribution < 1.29 is 8.83 Å². The molecule has 1 aliphatic rings. The van der Waals surface area contributed by atoms with Crippen molar-refractivity contribution in [3.63, 3.8) is 0 Å². The lowest BCUT2D eigenvalue weighted by Crippen LogP contribution is -2.33. The van der Waals surface area contributed by atoms with Crippen LogP contribution in [-0.2, 0) is 0 Å². The maximum absolute atomic E-state index is 6.62. The molecule has 56 heavy (non-hydrogen) atoms. The number of nitrogens with one attached hydrogen (secondary N) is 1. The lowest BCUT2D eigenvalue weighted by Gasteiger charge is -2.25. The summed E-state index contributed by atoms with van der Waals surface area (Å²) >= 11 is 0. The first-order valence-corrected chi connectivity index (χ1v) is 18.9. The summed E-state index contributed by atoms with van der Waals surface area (Å²) in [5.74, 6) is 1.44. The summed E-state index contributed by atoms with van der Waals surface area (Å²) in [5, 5.41) is 15.0. The summed E-state index contributed by atoms with van der Waals surface area (Å²) in [5.41, 5.74) is 8.39. The number of nitrogens with zero attached hydrogens (tertiary/aromatic N) is 2. The molecule has 0 saturated carbocycles. The van der Waals surface area contributed by atoms with Crippen LogP contribution in [0.1, 0.15) is 22.9 Å². The molecule has 1 aliphatic heterocycles. The summed E-state index contributed by atoms with van der Waals surface area (Å²) in [7, 11) is 0. The second kappa shape index (κ2) is 12.0. The molecule has 0 bridgehead atoms. The van der Waals surface area contributed by atoms with E-state index in [1.807, 2.05) is 12.1 Å². The number of hydrogen-bond donors (Lipinski definition) is 1. The minimum absolute atomic E-state index is 0.472. The van der Waals surface area contributed by atoms with E-state index in [1.165, 1.54) is 10.8 Å². The van der Waals surface area contributed by atoms with Crippen molar-refractivity contribution in [3.8, 4) is 11.1 Å². The molecule has 2 aromatic heterocycles. The molecular weight excluding hydrogens is 687 g/mol. The molecule has 0 saturated heterocycles. The smallest absolute Gasteiger partial charge is 0.159 e. The largest absolute Gasteiger partial charge is 0.456 e. The summed E-state index contributed by atoms with van der Waals surface area (Å²) in [6.45, 7) is 0. The Bertz CT molecular complexity index is 3480. The molecule has 11 aromatic rings. The molecule has 0 spiro atoms. The van der Waals surface area contributed by atoms with Gasteiger partial charge < -0.3 is 14.2 Å². The van der Waals surface area contributed by atoms with Crippen LogP contribution in [0, 0.1) is 0 Å². The van der Waals surface area contributed by atoms with Gasteiger partial charge in [-0.2, -0.15) is 0 Å². The van der Waals surface area contributed by atoms with Crippen LogP contribution in [-0.4, -0.2) is 11.7 Å². The van der Waals surface area contributed by atoms with E-state index in [2.05, 4.69) is 169 Å². The Hall–Kier alpha value is -7.50. The Balaban J connectivity index is 1.06. The number of fused-ring (bicyclic) bond motifs is 10. The maximum atomic E-state index is 6.62. The van der Waals surface area contributed by atoms with Gasteiger partial charge in [-0.15, -0.1) is 0 Å². The van der Waals surface area contributed by atoms with Crippen LogP contribution in [0.25, 0.3) is 87.3 Å². The van der Waals surface area contributed by atoms with E-state index in [-0.39, 0.29) is 0 Å². The molecule has 0 aliphatic carbocycles. The van der Waals surface area contributed by atoms with Gasteiger partial charge in [0.1, 0.15) is 34.3 Å². The predicted octanol–water partition coefficient (Wildman–Crippen LogP) is 13.1. The fraction of sp³-hybridized carbons (Fsp3) is 0.0196. The van der Waals surface area contributed by atoms with Gasteiger partial charge in [-0.1, -0.05) is 127 Å². The molecule has 0 radical (unpaired) electrons. The molecule has 5 heteroatoms. The first kappa shape index (κ1) is 30.9. The van der Waals surface area contributed by atoms with Gasteiger partial charge >= 0.3 is 0 Å². The molecule has 3 heterocycles. The highest BCUT2D eigenvalue weighted by atomic mass is 16.3. The lowest BCUT2D eigenvalue weighted by molar-refractivity contribution is 0.662. The van der Waals surface area contributed by atoms with Gasteiger partial charge in [-0.25, -0.2) is 9.98 Å². The topological polar surface area (TPSA) is 63.0 Å². The van der Waals surface area contributed by atoms with Crippen molar-refractivity contribution in [1.82, 2.24) is 5.32 Å². The Kier molecular flexibility index (Phi) is 6.63. The Labute approximate surface area is 320 Å². The fourth-order valence-electron chi connectivity index (χ4n) is 8.50. The normalized spacial score (nSPS) is 14.6. The van der Waals surface area contributed by atoms with E-state index in [0.717, 1.165) is 99.1 Å². The summed E-state index contributed by atoms with van der Waals surface area (Å²) < 4.78 is 13.2. The Morgan fingerprint density at radius 2 is 1.04 bits per heavy atom. The van der Waals surface area contributed by atoms with E-state index in [9.17, 15) is 0 Å². The number of aliphatic imine (C=N–C) groups is 2. The third kappa shape index (κ3) is 4.88. The van der Waals surface area contributed by atoms with Gasteiger partial charge in [0.15, 0.2) is 5.84 Å². The van der Waals surface area contributed by atoms with Gasteiger partial charge in [-0.05, 0) is 86.6 Å². The van der Waals surface area contributed by atoms with E-state index in [1.54, 1.807) is 0 Å². The van der Waals surface area contributed by atoms with Crippen molar-refractivity contribution in [1.29, 1.82) is 0 Å². The van der Waals surface area contributed by atoms with Crippen LogP contribution in [0.15, 0.2) is 195 Å². The van der Waals surface area contributed by atoms with Crippen LogP contribution in [0.4, 0.5) is 0 Å². The number of furan rings is 2. The minimum Gasteiger partial charge on any atom is -0.456 e.